The third kappa shape index (κ3) is 3.62. The van der Waals surface area contributed by atoms with Crippen LogP contribution in [0.5, 0.6) is 0 Å². The number of aryl methyl sites for hydroxylation is 1. The molecule has 0 aliphatic carbocycles. The molecule has 1 aliphatic heterocycles. The molecule has 3 rings (SSSR count). The van der Waals surface area contributed by atoms with Crippen molar-refractivity contribution in [2.45, 2.75) is 32.6 Å². The molecule has 1 aliphatic rings. The zero-order chi connectivity index (χ0) is 18.7. The largest absolute Gasteiger partial charge is 0.463 e. The Bertz CT molecular complexity index is 906. The molecule has 1 atom stereocenters. The van der Waals surface area contributed by atoms with E-state index in [-0.39, 0.29) is 11.9 Å². The summed E-state index contributed by atoms with van der Waals surface area (Å²) in [7, 11) is 0. The van der Waals surface area contributed by atoms with E-state index in [2.05, 4.69) is 27.4 Å². The fourth-order valence-electron chi connectivity index (χ4n) is 3.35. The molecule has 7 heteroatoms. The molecule has 0 saturated carbocycles. The van der Waals surface area contributed by atoms with E-state index in [0.717, 1.165) is 17.7 Å². The molecule has 1 aromatic carbocycles. The van der Waals surface area contributed by atoms with Gasteiger partial charge in [-0.15, -0.1) is 0 Å². The summed E-state index contributed by atoms with van der Waals surface area (Å²) in [5.41, 5.74) is 9.49. The van der Waals surface area contributed by atoms with E-state index in [0.29, 0.717) is 35.0 Å². The first-order chi connectivity index (χ1) is 12.5. The second-order valence-electron chi connectivity index (χ2n) is 6.18. The minimum atomic E-state index is -0.330. The Labute approximate surface area is 157 Å². The Morgan fingerprint density at radius 3 is 2.77 bits per heavy atom. The molecule has 1 aromatic heterocycles. The molecule has 2 aromatic rings. The number of nitrogens with one attached hydrogen (secondary N) is 2. The SMILES string of the molecule is CCOC(=O)C1=C(C)Nc2nc(=S)[nH]c(N)c2C1CCc1ccccc1. The summed E-state index contributed by atoms with van der Waals surface area (Å²) in [6.45, 7) is 3.96. The number of fused-ring (bicyclic) bond motifs is 1. The molecule has 0 amide bonds. The third-order valence-corrected chi connectivity index (χ3v) is 4.66. The van der Waals surface area contributed by atoms with Crippen LogP contribution in [0.4, 0.5) is 11.6 Å². The maximum Gasteiger partial charge on any atom is 0.336 e. The molecule has 0 bridgehead atoms. The van der Waals surface area contributed by atoms with Crippen molar-refractivity contribution in [1.82, 2.24) is 9.97 Å². The minimum Gasteiger partial charge on any atom is -0.463 e. The molecular weight excluding hydrogens is 348 g/mol. The number of allylic oxidation sites excluding steroid dienone is 1. The van der Waals surface area contributed by atoms with Crippen molar-refractivity contribution in [3.63, 3.8) is 0 Å². The standard InChI is InChI=1S/C19H22N4O2S/c1-3-25-18(24)14-11(2)21-17-15(16(20)22-19(26)23-17)13(14)10-9-12-7-5-4-6-8-12/h4-8,13H,3,9-10H2,1-2H3,(H4,20,21,22,23,26). The highest BCUT2D eigenvalue weighted by Crippen LogP contribution is 2.42. The molecule has 6 nitrogen and oxygen atoms in total. The predicted octanol–water partition coefficient (Wildman–Crippen LogP) is 3.70. The highest BCUT2D eigenvalue weighted by molar-refractivity contribution is 7.71. The van der Waals surface area contributed by atoms with Crippen LogP contribution in [0.1, 0.15) is 37.3 Å². The lowest BCUT2D eigenvalue weighted by Crippen LogP contribution is -2.26. The van der Waals surface area contributed by atoms with Gasteiger partial charge in [-0.1, -0.05) is 30.3 Å². The van der Waals surface area contributed by atoms with Gasteiger partial charge >= 0.3 is 5.97 Å². The van der Waals surface area contributed by atoms with Crippen molar-refractivity contribution < 1.29 is 9.53 Å². The molecular formula is C19H22N4O2S. The summed E-state index contributed by atoms with van der Waals surface area (Å²) in [6, 6.07) is 10.1. The maximum absolute atomic E-state index is 12.6. The van der Waals surface area contributed by atoms with Crippen molar-refractivity contribution in [1.29, 1.82) is 0 Å². The van der Waals surface area contributed by atoms with Crippen molar-refractivity contribution in [2.24, 2.45) is 0 Å². The number of hydrogen-bond acceptors (Lipinski definition) is 6. The number of carbonyl (C=O) groups is 1. The van der Waals surface area contributed by atoms with E-state index in [9.17, 15) is 4.79 Å². The van der Waals surface area contributed by atoms with Gasteiger partial charge in [-0.3, -0.25) is 0 Å². The molecule has 2 heterocycles. The van der Waals surface area contributed by atoms with Gasteiger partial charge in [0.2, 0.25) is 0 Å². The zero-order valence-electron chi connectivity index (χ0n) is 14.8. The van der Waals surface area contributed by atoms with Crippen LogP contribution in [0.25, 0.3) is 0 Å². The van der Waals surface area contributed by atoms with Crippen LogP contribution in [0, 0.1) is 4.77 Å². The highest BCUT2D eigenvalue weighted by Gasteiger charge is 2.34. The fourth-order valence-corrected chi connectivity index (χ4v) is 3.55. The summed E-state index contributed by atoms with van der Waals surface area (Å²) in [4.78, 5) is 19.9. The Morgan fingerprint density at radius 2 is 2.08 bits per heavy atom. The van der Waals surface area contributed by atoms with Gasteiger partial charge in [0.1, 0.15) is 11.6 Å². The lowest BCUT2D eigenvalue weighted by atomic mass is 9.83. The normalized spacial score (nSPS) is 16.0. The number of nitrogens with two attached hydrogens (primary N) is 1. The van der Waals surface area contributed by atoms with Crippen LogP contribution in [0.2, 0.25) is 0 Å². The lowest BCUT2D eigenvalue weighted by Gasteiger charge is -2.29. The van der Waals surface area contributed by atoms with Crippen LogP contribution in [-0.2, 0) is 16.0 Å². The number of benzene rings is 1. The van der Waals surface area contributed by atoms with E-state index in [1.165, 1.54) is 5.56 Å². The van der Waals surface area contributed by atoms with Crippen LogP contribution < -0.4 is 11.1 Å². The molecule has 26 heavy (non-hydrogen) atoms. The number of esters is 1. The average molecular weight is 370 g/mol. The predicted molar refractivity (Wildman–Crippen MR) is 104 cm³/mol. The first-order valence-corrected chi connectivity index (χ1v) is 9.00. The van der Waals surface area contributed by atoms with Crippen LogP contribution in [0.3, 0.4) is 0 Å². The number of aromatic amines is 1. The van der Waals surface area contributed by atoms with E-state index in [4.69, 9.17) is 22.7 Å². The summed E-state index contributed by atoms with van der Waals surface area (Å²) >= 11 is 5.13. The first kappa shape index (κ1) is 18.1. The van der Waals surface area contributed by atoms with Gasteiger partial charge in [0.25, 0.3) is 0 Å². The molecule has 4 N–H and O–H groups in total. The number of hydrogen-bond donors (Lipinski definition) is 3. The van der Waals surface area contributed by atoms with Crippen molar-refractivity contribution in [2.75, 3.05) is 17.7 Å². The minimum absolute atomic E-state index is 0.218. The van der Waals surface area contributed by atoms with Gasteiger partial charge < -0.3 is 20.8 Å². The summed E-state index contributed by atoms with van der Waals surface area (Å²) in [5.74, 6) is 0.489. The topological polar surface area (TPSA) is 93.0 Å². The van der Waals surface area contributed by atoms with Gasteiger partial charge in [0.05, 0.1) is 12.2 Å². The van der Waals surface area contributed by atoms with Crippen molar-refractivity contribution in [3.05, 3.63) is 57.5 Å². The van der Waals surface area contributed by atoms with E-state index >= 15 is 0 Å². The first-order valence-electron chi connectivity index (χ1n) is 8.59. The monoisotopic (exact) mass is 370 g/mol. The highest BCUT2D eigenvalue weighted by atomic mass is 32.1. The molecule has 0 radical (unpaired) electrons. The number of carbonyl (C=O) groups excluding carboxylic acids is 1. The Kier molecular flexibility index (Phi) is 5.37. The summed E-state index contributed by atoms with van der Waals surface area (Å²) in [6.07, 6.45) is 1.51. The molecule has 0 fully saturated rings. The van der Waals surface area contributed by atoms with Crippen LogP contribution in [0.15, 0.2) is 41.6 Å². The lowest BCUT2D eigenvalue weighted by molar-refractivity contribution is -0.138. The van der Waals surface area contributed by atoms with Gasteiger partial charge in [0.15, 0.2) is 4.77 Å². The van der Waals surface area contributed by atoms with Gasteiger partial charge in [-0.2, -0.15) is 0 Å². The van der Waals surface area contributed by atoms with Crippen molar-refractivity contribution >= 4 is 29.8 Å². The maximum atomic E-state index is 12.6. The molecule has 0 spiro atoms. The summed E-state index contributed by atoms with van der Waals surface area (Å²) in [5, 5.41) is 3.16. The Morgan fingerprint density at radius 1 is 1.35 bits per heavy atom. The number of ether oxygens (including phenoxy) is 1. The second kappa shape index (κ2) is 7.70. The van der Waals surface area contributed by atoms with Gasteiger partial charge in [0, 0.05) is 17.2 Å². The molecule has 136 valence electrons. The molecule has 1 unspecified atom stereocenters. The van der Waals surface area contributed by atoms with Crippen LogP contribution >= 0.6 is 12.2 Å². The quantitative estimate of drug-likeness (QED) is 0.549. The summed E-state index contributed by atoms with van der Waals surface area (Å²) < 4.78 is 5.59. The number of nitrogen functional groups attached to an aromatic ring is 1. The van der Waals surface area contributed by atoms with Crippen molar-refractivity contribution in [3.8, 4) is 0 Å². The zero-order valence-corrected chi connectivity index (χ0v) is 15.7. The fraction of sp³-hybridized carbons (Fsp3) is 0.316. The van der Waals surface area contributed by atoms with E-state index in [1.807, 2.05) is 25.1 Å². The number of nitrogens with zero attached hydrogens (tertiary/aromatic N) is 1. The van der Waals surface area contributed by atoms with E-state index in [1.54, 1.807) is 6.92 Å². The van der Waals surface area contributed by atoms with Gasteiger partial charge in [-0.25, -0.2) is 9.78 Å². The van der Waals surface area contributed by atoms with Gasteiger partial charge in [-0.05, 0) is 44.5 Å². The number of anilines is 2. The Balaban J connectivity index is 2.02. The van der Waals surface area contributed by atoms with E-state index < -0.39 is 0 Å². The number of rotatable bonds is 5. The smallest absolute Gasteiger partial charge is 0.336 e. The number of H-pyrrole nitrogens is 1. The second-order valence-corrected chi connectivity index (χ2v) is 6.57. The average Bonchev–Trinajstić information content (AvgIpc) is 2.59. The Hall–Kier alpha value is -2.67. The molecule has 0 saturated heterocycles. The third-order valence-electron chi connectivity index (χ3n) is 4.47. The number of aromatic nitrogens is 2. The van der Waals surface area contributed by atoms with Crippen LogP contribution in [-0.4, -0.2) is 22.5 Å².